The monoisotopic (exact) mass is 309 g/mol. The van der Waals surface area contributed by atoms with Gasteiger partial charge in [0.05, 0.1) is 11.1 Å². The smallest absolute Gasteiger partial charge is 0.158 e. The van der Waals surface area contributed by atoms with Gasteiger partial charge in [-0.25, -0.2) is 4.98 Å². The van der Waals surface area contributed by atoms with E-state index in [0.29, 0.717) is 12.0 Å². The van der Waals surface area contributed by atoms with Crippen LogP contribution in [0.25, 0.3) is 11.2 Å². The summed E-state index contributed by atoms with van der Waals surface area (Å²) in [6.07, 6.45) is 1.13. The molecule has 116 valence electrons. The number of alkyl halides is 1. The molecule has 1 saturated heterocycles. The number of aryl methyl sites for hydroxylation is 2. The van der Waals surface area contributed by atoms with E-state index < -0.39 is 0 Å². The minimum atomic E-state index is -0.0938. The number of nitrogens with zero attached hydrogens (tertiary/aromatic N) is 5. The molecular formula is C15H24ClN5. The lowest BCUT2D eigenvalue weighted by molar-refractivity contribution is 0.158. The summed E-state index contributed by atoms with van der Waals surface area (Å²) in [5, 5.41) is 4.43. The summed E-state index contributed by atoms with van der Waals surface area (Å²) in [5.74, 6) is 1.55. The summed E-state index contributed by atoms with van der Waals surface area (Å²) < 4.78 is 4.30. The summed E-state index contributed by atoms with van der Waals surface area (Å²) in [4.78, 5) is 7.19. The summed E-state index contributed by atoms with van der Waals surface area (Å²) in [7, 11) is 4.19. The number of hydrogen-bond acceptors (Lipinski definition) is 3. The molecule has 0 N–H and O–H groups in total. The van der Waals surface area contributed by atoms with E-state index in [4.69, 9.17) is 16.6 Å². The van der Waals surface area contributed by atoms with Crippen molar-refractivity contribution in [2.45, 2.75) is 38.6 Å². The molecule has 0 bridgehead atoms. The molecule has 1 aliphatic heterocycles. The zero-order chi connectivity index (χ0) is 15.3. The molecule has 0 amide bonds. The Labute approximate surface area is 130 Å². The number of halogens is 1. The van der Waals surface area contributed by atoms with Crippen LogP contribution in [0, 0.1) is 12.8 Å². The molecule has 3 heterocycles. The Morgan fingerprint density at radius 1 is 1.33 bits per heavy atom. The molecule has 2 aromatic heterocycles. The summed E-state index contributed by atoms with van der Waals surface area (Å²) >= 11 is 6.41. The van der Waals surface area contributed by atoms with Crippen LogP contribution in [0.5, 0.6) is 0 Å². The molecule has 3 rings (SSSR count). The topological polar surface area (TPSA) is 38.9 Å². The van der Waals surface area contributed by atoms with Gasteiger partial charge in [0.1, 0.15) is 11.3 Å². The lowest BCUT2D eigenvalue weighted by Gasteiger charge is -2.36. The number of aromatic nitrogens is 4. The molecule has 2 aromatic rings. The first kappa shape index (κ1) is 14.9. The van der Waals surface area contributed by atoms with Gasteiger partial charge >= 0.3 is 0 Å². The maximum absolute atomic E-state index is 6.41. The standard InChI is InChI=1S/C15H24ClN5/c1-9-8-19(4)7-6-12(9)21-14(10(2)16)17-13-11(3)18-20(5)15(13)21/h9-10,12H,6-8H2,1-5H3. The maximum atomic E-state index is 6.41. The number of piperidine rings is 1. The van der Waals surface area contributed by atoms with Crippen LogP contribution >= 0.6 is 11.6 Å². The Balaban J connectivity index is 2.17. The molecule has 3 atom stereocenters. The second-order valence-corrected chi connectivity index (χ2v) is 7.09. The minimum Gasteiger partial charge on any atom is -0.308 e. The third kappa shape index (κ3) is 2.36. The van der Waals surface area contributed by atoms with E-state index in [1.54, 1.807) is 0 Å². The second-order valence-electron chi connectivity index (χ2n) is 6.43. The molecule has 0 spiro atoms. The van der Waals surface area contributed by atoms with Crippen LogP contribution in [-0.4, -0.2) is 44.4 Å². The van der Waals surface area contributed by atoms with Gasteiger partial charge in [0, 0.05) is 19.6 Å². The highest BCUT2D eigenvalue weighted by Crippen LogP contribution is 2.35. The zero-order valence-electron chi connectivity index (χ0n) is 13.5. The summed E-state index contributed by atoms with van der Waals surface area (Å²) in [6, 6.07) is 0.442. The van der Waals surface area contributed by atoms with Crippen LogP contribution in [0.15, 0.2) is 0 Å². The molecule has 0 radical (unpaired) electrons. The number of hydrogen-bond donors (Lipinski definition) is 0. The Morgan fingerprint density at radius 3 is 2.67 bits per heavy atom. The fourth-order valence-electron chi connectivity index (χ4n) is 3.65. The zero-order valence-corrected chi connectivity index (χ0v) is 14.2. The average Bonchev–Trinajstić information content (AvgIpc) is 2.90. The van der Waals surface area contributed by atoms with Crippen LogP contribution in [-0.2, 0) is 7.05 Å². The predicted molar refractivity (Wildman–Crippen MR) is 85.8 cm³/mol. The van der Waals surface area contributed by atoms with Crippen LogP contribution in [0.4, 0.5) is 0 Å². The Morgan fingerprint density at radius 2 is 2.05 bits per heavy atom. The van der Waals surface area contributed by atoms with Crippen molar-refractivity contribution in [1.29, 1.82) is 0 Å². The Hall–Kier alpha value is -1.07. The molecule has 0 aromatic carbocycles. The molecule has 6 heteroatoms. The van der Waals surface area contributed by atoms with Crippen molar-refractivity contribution in [3.8, 4) is 0 Å². The van der Waals surface area contributed by atoms with Crippen molar-refractivity contribution in [3.05, 3.63) is 11.5 Å². The van der Waals surface area contributed by atoms with Gasteiger partial charge in [0.2, 0.25) is 0 Å². The van der Waals surface area contributed by atoms with Gasteiger partial charge in [0.25, 0.3) is 0 Å². The molecule has 0 aliphatic carbocycles. The minimum absolute atomic E-state index is 0.0938. The average molecular weight is 310 g/mol. The molecular weight excluding hydrogens is 286 g/mol. The van der Waals surface area contributed by atoms with E-state index in [0.717, 1.165) is 42.2 Å². The highest BCUT2D eigenvalue weighted by atomic mass is 35.5. The Kier molecular flexibility index (Phi) is 3.74. The van der Waals surface area contributed by atoms with Crippen molar-refractivity contribution in [1.82, 2.24) is 24.2 Å². The van der Waals surface area contributed by atoms with Crippen molar-refractivity contribution < 1.29 is 0 Å². The quantitative estimate of drug-likeness (QED) is 0.801. The number of imidazole rings is 1. The highest BCUT2D eigenvalue weighted by Gasteiger charge is 2.31. The molecule has 3 unspecified atom stereocenters. The normalized spacial score (nSPS) is 25.6. The largest absolute Gasteiger partial charge is 0.308 e. The first-order valence-corrected chi connectivity index (χ1v) is 8.07. The van der Waals surface area contributed by atoms with E-state index >= 15 is 0 Å². The SMILES string of the molecule is Cc1nn(C)c2c1nc(C(C)Cl)n2C1CCN(C)CC1C. The van der Waals surface area contributed by atoms with Crippen molar-refractivity contribution in [2.24, 2.45) is 13.0 Å². The van der Waals surface area contributed by atoms with E-state index in [1.165, 1.54) is 0 Å². The van der Waals surface area contributed by atoms with Crippen LogP contribution < -0.4 is 0 Å². The van der Waals surface area contributed by atoms with Gasteiger partial charge in [-0.15, -0.1) is 11.6 Å². The van der Waals surface area contributed by atoms with E-state index in [-0.39, 0.29) is 5.38 Å². The van der Waals surface area contributed by atoms with Crippen molar-refractivity contribution >= 4 is 22.8 Å². The van der Waals surface area contributed by atoms with Crippen molar-refractivity contribution in [3.63, 3.8) is 0 Å². The third-order valence-corrected chi connectivity index (χ3v) is 4.81. The highest BCUT2D eigenvalue weighted by molar-refractivity contribution is 6.20. The van der Waals surface area contributed by atoms with Gasteiger partial charge < -0.3 is 9.47 Å². The van der Waals surface area contributed by atoms with E-state index in [2.05, 4.69) is 28.5 Å². The molecule has 0 saturated carbocycles. The van der Waals surface area contributed by atoms with Crippen LogP contribution in [0.1, 0.15) is 43.2 Å². The number of fused-ring (bicyclic) bond motifs is 1. The van der Waals surface area contributed by atoms with Gasteiger partial charge in [-0.05, 0) is 39.8 Å². The molecule has 1 aliphatic rings. The fraction of sp³-hybridized carbons (Fsp3) is 0.733. The van der Waals surface area contributed by atoms with E-state index in [1.807, 2.05) is 25.6 Å². The lowest BCUT2D eigenvalue weighted by atomic mass is 9.93. The maximum Gasteiger partial charge on any atom is 0.158 e. The number of rotatable bonds is 2. The lowest BCUT2D eigenvalue weighted by Crippen LogP contribution is -2.38. The second kappa shape index (κ2) is 5.29. The molecule has 5 nitrogen and oxygen atoms in total. The molecule has 1 fully saturated rings. The van der Waals surface area contributed by atoms with Crippen molar-refractivity contribution in [2.75, 3.05) is 20.1 Å². The Bertz CT molecular complexity index is 657. The molecule has 21 heavy (non-hydrogen) atoms. The fourth-order valence-corrected chi connectivity index (χ4v) is 3.80. The van der Waals surface area contributed by atoms with Gasteiger partial charge in [-0.2, -0.15) is 5.10 Å². The van der Waals surface area contributed by atoms with E-state index in [9.17, 15) is 0 Å². The first-order chi connectivity index (χ1) is 9.90. The van der Waals surface area contributed by atoms with Gasteiger partial charge in [0.15, 0.2) is 5.65 Å². The number of likely N-dealkylation sites (tertiary alicyclic amines) is 1. The van der Waals surface area contributed by atoms with Crippen LogP contribution in [0.3, 0.4) is 0 Å². The third-order valence-electron chi connectivity index (χ3n) is 4.61. The van der Waals surface area contributed by atoms with Gasteiger partial charge in [-0.1, -0.05) is 6.92 Å². The predicted octanol–water partition coefficient (Wildman–Crippen LogP) is 2.89. The first-order valence-electron chi connectivity index (χ1n) is 7.64. The van der Waals surface area contributed by atoms with Gasteiger partial charge in [-0.3, -0.25) is 4.68 Å². The summed E-state index contributed by atoms with van der Waals surface area (Å²) in [5.41, 5.74) is 3.08. The summed E-state index contributed by atoms with van der Waals surface area (Å²) in [6.45, 7) is 8.55. The van der Waals surface area contributed by atoms with Crippen LogP contribution in [0.2, 0.25) is 0 Å².